The van der Waals surface area contributed by atoms with Gasteiger partial charge in [0.25, 0.3) is 0 Å². The van der Waals surface area contributed by atoms with Crippen molar-refractivity contribution in [2.75, 3.05) is 13.2 Å². The average Bonchev–Trinajstić information content (AvgIpc) is 2.69. The van der Waals surface area contributed by atoms with E-state index in [1.54, 1.807) is 11.3 Å². The van der Waals surface area contributed by atoms with Gasteiger partial charge >= 0.3 is 0 Å². The summed E-state index contributed by atoms with van der Waals surface area (Å²) in [5, 5.41) is 3.15. The molecular formula is C12H22N2OS. The highest BCUT2D eigenvalue weighted by atomic mass is 32.1. The third-order valence-electron chi connectivity index (χ3n) is 2.74. The van der Waals surface area contributed by atoms with Crippen molar-refractivity contribution in [2.24, 2.45) is 5.73 Å². The summed E-state index contributed by atoms with van der Waals surface area (Å²) in [5.41, 5.74) is 6.55. The van der Waals surface area contributed by atoms with Gasteiger partial charge in [-0.2, -0.15) is 0 Å². The molecular weight excluding hydrogens is 220 g/mol. The number of aromatic nitrogens is 1. The van der Waals surface area contributed by atoms with E-state index in [4.69, 9.17) is 10.5 Å². The number of thiazole rings is 1. The molecule has 0 fully saturated rings. The van der Waals surface area contributed by atoms with Gasteiger partial charge in [-0.05, 0) is 27.2 Å². The fourth-order valence-corrected chi connectivity index (χ4v) is 2.65. The van der Waals surface area contributed by atoms with Crippen molar-refractivity contribution in [3.05, 3.63) is 16.1 Å². The SMILES string of the molecule is CCOC(C)(C)c1nc(C(CC)CN)cs1. The molecule has 92 valence electrons. The fourth-order valence-electron chi connectivity index (χ4n) is 1.67. The van der Waals surface area contributed by atoms with Gasteiger partial charge in [-0.15, -0.1) is 11.3 Å². The molecule has 0 aliphatic carbocycles. The second-order valence-electron chi connectivity index (χ2n) is 4.36. The summed E-state index contributed by atoms with van der Waals surface area (Å²) in [6.45, 7) is 9.63. The van der Waals surface area contributed by atoms with Crippen LogP contribution >= 0.6 is 11.3 Å². The van der Waals surface area contributed by atoms with E-state index in [9.17, 15) is 0 Å². The zero-order chi connectivity index (χ0) is 12.2. The molecule has 0 aliphatic heterocycles. The van der Waals surface area contributed by atoms with Crippen LogP contribution in [0.4, 0.5) is 0 Å². The van der Waals surface area contributed by atoms with Gasteiger partial charge in [0.1, 0.15) is 10.6 Å². The van der Waals surface area contributed by atoms with Gasteiger partial charge in [0, 0.05) is 24.4 Å². The van der Waals surface area contributed by atoms with Crippen molar-refractivity contribution in [1.29, 1.82) is 0 Å². The van der Waals surface area contributed by atoms with E-state index >= 15 is 0 Å². The molecule has 4 heteroatoms. The monoisotopic (exact) mass is 242 g/mol. The van der Waals surface area contributed by atoms with E-state index in [1.807, 2.05) is 6.92 Å². The lowest BCUT2D eigenvalue weighted by Gasteiger charge is -2.21. The molecule has 0 aromatic carbocycles. The van der Waals surface area contributed by atoms with Crippen LogP contribution in [0, 0.1) is 0 Å². The standard InChI is InChI=1S/C12H22N2OS/c1-5-9(7-13)10-8-16-11(14-10)12(3,4)15-6-2/h8-9H,5-7,13H2,1-4H3. The second-order valence-corrected chi connectivity index (χ2v) is 5.22. The van der Waals surface area contributed by atoms with Crippen LogP contribution in [-0.2, 0) is 10.3 Å². The van der Waals surface area contributed by atoms with Gasteiger partial charge in [-0.3, -0.25) is 0 Å². The minimum atomic E-state index is -0.287. The van der Waals surface area contributed by atoms with Crippen LogP contribution in [-0.4, -0.2) is 18.1 Å². The van der Waals surface area contributed by atoms with Gasteiger partial charge in [0.2, 0.25) is 0 Å². The topological polar surface area (TPSA) is 48.1 Å². The fraction of sp³-hybridized carbons (Fsp3) is 0.750. The van der Waals surface area contributed by atoms with Crippen LogP contribution < -0.4 is 5.73 Å². The summed E-state index contributed by atoms with van der Waals surface area (Å²) < 4.78 is 5.69. The summed E-state index contributed by atoms with van der Waals surface area (Å²) in [5.74, 6) is 0.377. The molecule has 0 saturated carbocycles. The van der Waals surface area contributed by atoms with Crippen molar-refractivity contribution >= 4 is 11.3 Å². The van der Waals surface area contributed by atoms with Gasteiger partial charge in [0.05, 0.1) is 5.69 Å². The molecule has 1 aromatic heterocycles. The Morgan fingerprint density at radius 2 is 2.19 bits per heavy atom. The molecule has 3 nitrogen and oxygen atoms in total. The predicted octanol–water partition coefficient (Wildman–Crippen LogP) is 2.87. The van der Waals surface area contributed by atoms with Crippen molar-refractivity contribution in [3.63, 3.8) is 0 Å². The number of ether oxygens (including phenoxy) is 1. The largest absolute Gasteiger partial charge is 0.369 e. The highest BCUT2D eigenvalue weighted by Gasteiger charge is 2.25. The number of rotatable bonds is 6. The van der Waals surface area contributed by atoms with E-state index < -0.39 is 0 Å². The maximum Gasteiger partial charge on any atom is 0.124 e. The molecule has 1 aromatic rings. The van der Waals surface area contributed by atoms with Crippen LogP contribution in [0.15, 0.2) is 5.38 Å². The molecule has 1 unspecified atom stereocenters. The van der Waals surface area contributed by atoms with Crippen LogP contribution in [0.1, 0.15) is 50.7 Å². The Bertz CT molecular complexity index is 319. The van der Waals surface area contributed by atoms with Gasteiger partial charge in [0.15, 0.2) is 0 Å². The first-order chi connectivity index (χ1) is 7.55. The van der Waals surface area contributed by atoms with Crippen LogP contribution in [0.25, 0.3) is 0 Å². The molecule has 0 bridgehead atoms. The lowest BCUT2D eigenvalue weighted by atomic mass is 10.0. The van der Waals surface area contributed by atoms with E-state index in [0.717, 1.165) is 17.1 Å². The summed E-state index contributed by atoms with van der Waals surface area (Å²) in [6.07, 6.45) is 1.04. The van der Waals surface area contributed by atoms with E-state index in [0.29, 0.717) is 19.1 Å². The predicted molar refractivity (Wildman–Crippen MR) is 68.9 cm³/mol. The minimum absolute atomic E-state index is 0.287. The Hall–Kier alpha value is -0.450. The molecule has 0 radical (unpaired) electrons. The quantitative estimate of drug-likeness (QED) is 0.834. The minimum Gasteiger partial charge on any atom is -0.369 e. The zero-order valence-electron chi connectivity index (χ0n) is 10.6. The van der Waals surface area contributed by atoms with Crippen LogP contribution in [0.5, 0.6) is 0 Å². The van der Waals surface area contributed by atoms with Crippen LogP contribution in [0.3, 0.4) is 0 Å². The molecule has 1 heterocycles. The number of nitrogens with zero attached hydrogens (tertiary/aromatic N) is 1. The normalized spacial score (nSPS) is 14.1. The first-order valence-corrected chi connectivity index (χ1v) is 6.73. The van der Waals surface area contributed by atoms with Crippen molar-refractivity contribution < 1.29 is 4.74 Å². The average molecular weight is 242 g/mol. The third-order valence-corrected chi connectivity index (χ3v) is 3.90. The van der Waals surface area contributed by atoms with E-state index in [2.05, 4.69) is 31.1 Å². The first-order valence-electron chi connectivity index (χ1n) is 5.85. The molecule has 2 N–H and O–H groups in total. The van der Waals surface area contributed by atoms with Crippen molar-refractivity contribution in [2.45, 2.75) is 45.6 Å². The van der Waals surface area contributed by atoms with Crippen molar-refractivity contribution in [1.82, 2.24) is 4.98 Å². The Morgan fingerprint density at radius 3 is 2.69 bits per heavy atom. The number of hydrogen-bond acceptors (Lipinski definition) is 4. The van der Waals surface area contributed by atoms with Crippen LogP contribution in [0.2, 0.25) is 0 Å². The lowest BCUT2D eigenvalue weighted by Crippen LogP contribution is -2.21. The molecule has 0 amide bonds. The molecule has 1 rings (SSSR count). The second kappa shape index (κ2) is 5.75. The molecule has 1 atom stereocenters. The maximum absolute atomic E-state index is 5.73. The Balaban J connectivity index is 2.85. The van der Waals surface area contributed by atoms with E-state index in [1.165, 1.54) is 0 Å². The maximum atomic E-state index is 5.73. The summed E-state index contributed by atoms with van der Waals surface area (Å²) in [7, 11) is 0. The summed E-state index contributed by atoms with van der Waals surface area (Å²) >= 11 is 1.66. The highest BCUT2D eigenvalue weighted by Crippen LogP contribution is 2.30. The Labute approximate surface area is 102 Å². The molecule has 0 saturated heterocycles. The van der Waals surface area contributed by atoms with Gasteiger partial charge < -0.3 is 10.5 Å². The third kappa shape index (κ3) is 3.03. The van der Waals surface area contributed by atoms with Gasteiger partial charge in [-0.1, -0.05) is 6.92 Å². The Morgan fingerprint density at radius 1 is 1.50 bits per heavy atom. The molecule has 0 aliphatic rings. The molecule has 16 heavy (non-hydrogen) atoms. The highest BCUT2D eigenvalue weighted by molar-refractivity contribution is 7.09. The molecule has 0 spiro atoms. The number of hydrogen-bond donors (Lipinski definition) is 1. The summed E-state index contributed by atoms with van der Waals surface area (Å²) in [4.78, 5) is 4.66. The Kier molecular flexibility index (Phi) is 4.89. The van der Waals surface area contributed by atoms with E-state index in [-0.39, 0.29) is 5.60 Å². The smallest absolute Gasteiger partial charge is 0.124 e. The van der Waals surface area contributed by atoms with Crippen molar-refractivity contribution in [3.8, 4) is 0 Å². The summed E-state index contributed by atoms with van der Waals surface area (Å²) in [6, 6.07) is 0. The van der Waals surface area contributed by atoms with Gasteiger partial charge in [-0.25, -0.2) is 4.98 Å². The number of nitrogens with two attached hydrogens (primary N) is 1. The lowest BCUT2D eigenvalue weighted by molar-refractivity contribution is -0.0142. The first kappa shape index (κ1) is 13.6. The zero-order valence-corrected chi connectivity index (χ0v) is 11.4.